The van der Waals surface area contributed by atoms with Gasteiger partial charge in [0.2, 0.25) is 0 Å². The van der Waals surface area contributed by atoms with Crippen molar-refractivity contribution in [3.8, 4) is 11.5 Å². The first-order chi connectivity index (χ1) is 17.4. The third-order valence-electron chi connectivity index (χ3n) is 6.73. The van der Waals surface area contributed by atoms with E-state index >= 15 is 0 Å². The minimum atomic E-state index is -3.65. The van der Waals surface area contributed by atoms with E-state index in [0.29, 0.717) is 19.1 Å². The number of hydrogen-bond donors (Lipinski definition) is 0. The Labute approximate surface area is 215 Å². The number of fused-ring (bicyclic) bond motifs is 1. The molecule has 8 heteroatoms. The molecule has 1 aromatic heterocycles. The Hall–Kier alpha value is -2.71. The second-order valence-electron chi connectivity index (χ2n) is 9.51. The van der Waals surface area contributed by atoms with E-state index in [2.05, 4.69) is 24.0 Å². The number of benzene rings is 2. The van der Waals surface area contributed by atoms with E-state index in [1.165, 1.54) is 10.3 Å². The predicted molar refractivity (Wildman–Crippen MR) is 143 cm³/mol. The molecule has 1 fully saturated rings. The van der Waals surface area contributed by atoms with Crippen molar-refractivity contribution in [2.75, 3.05) is 39.1 Å². The average Bonchev–Trinajstić information content (AvgIpc) is 3.20. The minimum absolute atomic E-state index is 0.338. The zero-order chi connectivity index (χ0) is 25.5. The third-order valence-corrected chi connectivity index (χ3v) is 7.16. The summed E-state index contributed by atoms with van der Waals surface area (Å²) in [5, 5.41) is 1.00. The Morgan fingerprint density at radius 2 is 1.69 bits per heavy atom. The van der Waals surface area contributed by atoms with Gasteiger partial charge >= 0.3 is 10.1 Å². The summed E-state index contributed by atoms with van der Waals surface area (Å²) < 4.78 is 41.9. The number of aromatic nitrogens is 1. The molecule has 1 aliphatic rings. The summed E-state index contributed by atoms with van der Waals surface area (Å²) in [5.74, 6) is 2.06. The van der Waals surface area contributed by atoms with Crippen LogP contribution in [0.25, 0.3) is 10.9 Å². The largest absolute Gasteiger partial charge is 0.494 e. The topological polar surface area (TPSA) is 70.0 Å². The van der Waals surface area contributed by atoms with Gasteiger partial charge in [0.05, 0.1) is 25.0 Å². The highest BCUT2D eigenvalue weighted by Crippen LogP contribution is 2.36. The minimum Gasteiger partial charge on any atom is -0.494 e. The molecular weight excluding hydrogens is 476 g/mol. The molecule has 7 nitrogen and oxygen atoms in total. The van der Waals surface area contributed by atoms with Crippen LogP contribution in [-0.4, -0.2) is 57.2 Å². The normalized spacial score (nSPS) is 15.3. The van der Waals surface area contributed by atoms with Gasteiger partial charge in [0.15, 0.2) is 0 Å². The number of nitrogens with zero attached hydrogens (tertiary/aromatic N) is 2. The van der Waals surface area contributed by atoms with Crippen LogP contribution in [0.3, 0.4) is 0 Å². The van der Waals surface area contributed by atoms with Crippen molar-refractivity contribution < 1.29 is 22.2 Å². The number of unbranched alkanes of at least 4 members (excludes halogenated alkanes) is 1. The monoisotopic (exact) mass is 514 g/mol. The van der Waals surface area contributed by atoms with E-state index in [1.54, 1.807) is 0 Å². The standard InChI is InChI=1S/C28H38N2O5S/c1-4-6-19-34-25-11-12-28-26(20-25)27(21-30(28)35-36(3,31)32)23-14-17-29(18-15-23)16-13-22-7-9-24(10-8-22)33-5-2/h7-12,20-21,23H,4-6,13-19H2,1-3H3. The molecule has 3 aromatic rings. The van der Waals surface area contributed by atoms with E-state index in [9.17, 15) is 8.42 Å². The summed E-state index contributed by atoms with van der Waals surface area (Å²) in [5.41, 5.74) is 3.19. The van der Waals surface area contributed by atoms with Gasteiger partial charge in [-0.25, -0.2) is 0 Å². The Morgan fingerprint density at radius 1 is 0.972 bits per heavy atom. The second-order valence-corrected chi connectivity index (χ2v) is 11.1. The van der Waals surface area contributed by atoms with Gasteiger partial charge in [-0.3, -0.25) is 4.28 Å². The van der Waals surface area contributed by atoms with Gasteiger partial charge in [-0.2, -0.15) is 13.1 Å². The maximum absolute atomic E-state index is 11.9. The van der Waals surface area contributed by atoms with Gasteiger partial charge in [0, 0.05) is 18.1 Å². The highest BCUT2D eigenvalue weighted by Gasteiger charge is 2.25. The van der Waals surface area contributed by atoms with Crippen molar-refractivity contribution in [1.82, 2.24) is 9.63 Å². The predicted octanol–water partition coefficient (Wildman–Crippen LogP) is 5.03. The van der Waals surface area contributed by atoms with Crippen LogP contribution in [-0.2, 0) is 16.5 Å². The number of rotatable bonds is 12. The van der Waals surface area contributed by atoms with Crippen molar-refractivity contribution >= 4 is 21.0 Å². The van der Waals surface area contributed by atoms with Crippen LogP contribution in [0.15, 0.2) is 48.7 Å². The molecule has 0 atom stereocenters. The van der Waals surface area contributed by atoms with Crippen molar-refractivity contribution in [3.63, 3.8) is 0 Å². The molecule has 196 valence electrons. The molecule has 0 radical (unpaired) electrons. The summed E-state index contributed by atoms with van der Waals surface area (Å²) in [7, 11) is -3.65. The number of piperidine rings is 1. The Morgan fingerprint density at radius 3 is 2.36 bits per heavy atom. The molecule has 36 heavy (non-hydrogen) atoms. The Bertz CT molecular complexity index is 1230. The van der Waals surface area contributed by atoms with Crippen LogP contribution in [0.4, 0.5) is 0 Å². The molecule has 2 heterocycles. The molecular formula is C28H38N2O5S. The van der Waals surface area contributed by atoms with Crippen LogP contribution in [0.1, 0.15) is 56.6 Å². The molecule has 2 aromatic carbocycles. The lowest BCUT2D eigenvalue weighted by atomic mass is 9.89. The van der Waals surface area contributed by atoms with Crippen molar-refractivity contribution in [1.29, 1.82) is 0 Å². The molecule has 1 saturated heterocycles. The number of likely N-dealkylation sites (tertiary alicyclic amines) is 1. The highest BCUT2D eigenvalue weighted by molar-refractivity contribution is 7.86. The molecule has 0 amide bonds. The third kappa shape index (κ3) is 6.95. The summed E-state index contributed by atoms with van der Waals surface area (Å²) in [6.07, 6.45) is 8.04. The fourth-order valence-corrected chi connectivity index (χ4v) is 5.25. The first-order valence-corrected chi connectivity index (χ1v) is 14.8. The first kappa shape index (κ1) is 26.4. The number of hydrogen-bond acceptors (Lipinski definition) is 6. The summed E-state index contributed by atoms with van der Waals surface area (Å²) in [6.45, 7) is 8.52. The van der Waals surface area contributed by atoms with Gasteiger partial charge < -0.3 is 14.4 Å². The second kappa shape index (κ2) is 12.0. The maximum Gasteiger partial charge on any atom is 0.324 e. The lowest BCUT2D eigenvalue weighted by molar-refractivity contribution is 0.214. The van der Waals surface area contributed by atoms with Crippen LogP contribution >= 0.6 is 0 Å². The van der Waals surface area contributed by atoms with Gasteiger partial charge in [0.25, 0.3) is 0 Å². The Balaban J connectivity index is 1.43. The molecule has 0 spiro atoms. The summed E-state index contributed by atoms with van der Waals surface area (Å²) in [4.78, 5) is 2.51. The van der Waals surface area contributed by atoms with Crippen molar-refractivity contribution in [2.45, 2.75) is 51.9 Å². The zero-order valence-corrected chi connectivity index (χ0v) is 22.4. The summed E-state index contributed by atoms with van der Waals surface area (Å²) >= 11 is 0. The van der Waals surface area contributed by atoms with Crippen LogP contribution in [0.2, 0.25) is 0 Å². The van der Waals surface area contributed by atoms with Crippen LogP contribution < -0.4 is 13.8 Å². The van der Waals surface area contributed by atoms with Gasteiger partial charge in [0.1, 0.15) is 11.5 Å². The van der Waals surface area contributed by atoms with E-state index in [4.69, 9.17) is 13.8 Å². The molecule has 1 aliphatic heterocycles. The maximum atomic E-state index is 11.9. The van der Waals surface area contributed by atoms with Crippen molar-refractivity contribution in [2.24, 2.45) is 0 Å². The average molecular weight is 515 g/mol. The van der Waals surface area contributed by atoms with Crippen LogP contribution in [0.5, 0.6) is 11.5 Å². The lowest BCUT2D eigenvalue weighted by Crippen LogP contribution is -2.34. The summed E-state index contributed by atoms with van der Waals surface area (Å²) in [6, 6.07) is 14.2. The first-order valence-electron chi connectivity index (χ1n) is 13.0. The molecule has 0 saturated carbocycles. The van der Waals surface area contributed by atoms with E-state index in [0.717, 1.165) is 86.0 Å². The van der Waals surface area contributed by atoms with Crippen LogP contribution in [0, 0.1) is 0 Å². The smallest absolute Gasteiger partial charge is 0.324 e. The lowest BCUT2D eigenvalue weighted by Gasteiger charge is -2.32. The molecule has 4 rings (SSSR count). The molecule has 0 bridgehead atoms. The fraction of sp³-hybridized carbons (Fsp3) is 0.500. The number of ether oxygens (including phenoxy) is 2. The molecule has 0 unspecified atom stereocenters. The van der Waals surface area contributed by atoms with E-state index < -0.39 is 10.1 Å². The van der Waals surface area contributed by atoms with Gasteiger partial charge in [-0.15, -0.1) is 0 Å². The Kier molecular flexibility index (Phi) is 8.80. The zero-order valence-electron chi connectivity index (χ0n) is 21.6. The van der Waals surface area contributed by atoms with E-state index in [-0.39, 0.29) is 0 Å². The van der Waals surface area contributed by atoms with Crippen molar-refractivity contribution in [3.05, 3.63) is 59.8 Å². The fourth-order valence-electron chi connectivity index (χ4n) is 4.83. The van der Waals surface area contributed by atoms with Gasteiger partial charge in [-0.05, 0) is 93.1 Å². The quantitative estimate of drug-likeness (QED) is 0.316. The SMILES string of the molecule is CCCCOc1ccc2c(c1)c(C1CCN(CCc3ccc(OCC)cc3)CC1)cn2OS(C)(=O)=O. The van der Waals surface area contributed by atoms with E-state index in [1.807, 2.05) is 43.5 Å². The van der Waals surface area contributed by atoms with Gasteiger partial charge in [-0.1, -0.05) is 25.5 Å². The highest BCUT2D eigenvalue weighted by atomic mass is 32.2. The molecule has 0 N–H and O–H groups in total. The molecule has 0 aliphatic carbocycles.